The lowest BCUT2D eigenvalue weighted by atomic mass is 10.2. The summed E-state index contributed by atoms with van der Waals surface area (Å²) < 4.78 is 24.6. The minimum absolute atomic E-state index is 0.292. The number of amides is 1. The van der Waals surface area contributed by atoms with E-state index in [1.807, 2.05) is 0 Å². The SMILES string of the molecule is CS(=O)(=O)Nc1ccc(Cl)c(NC(=O)c2cn[nH]c2)c1. The van der Waals surface area contributed by atoms with Gasteiger partial charge in [0.2, 0.25) is 10.0 Å². The molecule has 1 aromatic heterocycles. The molecule has 9 heteroatoms. The Morgan fingerprint density at radius 1 is 1.40 bits per heavy atom. The van der Waals surface area contributed by atoms with Crippen molar-refractivity contribution in [3.05, 3.63) is 41.2 Å². The number of sulfonamides is 1. The van der Waals surface area contributed by atoms with Crippen molar-refractivity contribution in [3.63, 3.8) is 0 Å². The first kappa shape index (κ1) is 14.4. The zero-order valence-corrected chi connectivity index (χ0v) is 11.9. The molecule has 3 N–H and O–H groups in total. The fraction of sp³-hybridized carbons (Fsp3) is 0.0909. The minimum atomic E-state index is -3.40. The van der Waals surface area contributed by atoms with Gasteiger partial charge in [0, 0.05) is 6.20 Å². The number of benzene rings is 1. The van der Waals surface area contributed by atoms with Crippen molar-refractivity contribution < 1.29 is 13.2 Å². The largest absolute Gasteiger partial charge is 0.320 e. The molecule has 0 aliphatic heterocycles. The first-order chi connectivity index (χ1) is 9.35. The Morgan fingerprint density at radius 3 is 2.75 bits per heavy atom. The Balaban J connectivity index is 2.23. The van der Waals surface area contributed by atoms with Crippen LogP contribution in [0.4, 0.5) is 11.4 Å². The zero-order chi connectivity index (χ0) is 14.8. The summed E-state index contributed by atoms with van der Waals surface area (Å²) >= 11 is 5.96. The van der Waals surface area contributed by atoms with Crippen LogP contribution in [-0.2, 0) is 10.0 Å². The predicted molar refractivity (Wildman–Crippen MR) is 76.5 cm³/mol. The van der Waals surface area contributed by atoms with Crippen molar-refractivity contribution in [2.75, 3.05) is 16.3 Å². The molecule has 0 spiro atoms. The van der Waals surface area contributed by atoms with E-state index in [2.05, 4.69) is 20.2 Å². The molecule has 0 unspecified atom stereocenters. The van der Waals surface area contributed by atoms with Crippen LogP contribution in [0.2, 0.25) is 5.02 Å². The number of nitrogens with one attached hydrogen (secondary N) is 3. The van der Waals surface area contributed by atoms with E-state index in [1.165, 1.54) is 30.6 Å². The second kappa shape index (κ2) is 5.51. The van der Waals surface area contributed by atoms with Gasteiger partial charge in [-0.3, -0.25) is 14.6 Å². The molecule has 0 aliphatic carbocycles. The van der Waals surface area contributed by atoms with Gasteiger partial charge < -0.3 is 5.32 Å². The number of nitrogens with zero attached hydrogens (tertiary/aromatic N) is 1. The summed E-state index contributed by atoms with van der Waals surface area (Å²) in [5.74, 6) is -0.405. The molecule has 1 amide bonds. The normalized spacial score (nSPS) is 11.1. The smallest absolute Gasteiger partial charge is 0.258 e. The van der Waals surface area contributed by atoms with Crippen LogP contribution in [-0.4, -0.2) is 30.8 Å². The summed E-state index contributed by atoms with van der Waals surface area (Å²) in [6, 6.07) is 4.41. The summed E-state index contributed by atoms with van der Waals surface area (Å²) in [4.78, 5) is 11.9. The Morgan fingerprint density at radius 2 is 2.15 bits per heavy atom. The van der Waals surface area contributed by atoms with Crippen LogP contribution >= 0.6 is 11.6 Å². The molecule has 7 nitrogen and oxygen atoms in total. The maximum absolute atomic E-state index is 11.9. The monoisotopic (exact) mass is 314 g/mol. The molecule has 0 atom stereocenters. The van der Waals surface area contributed by atoms with E-state index in [-0.39, 0.29) is 0 Å². The summed E-state index contributed by atoms with van der Waals surface area (Å²) in [5.41, 5.74) is 0.938. The number of hydrogen-bond donors (Lipinski definition) is 3. The Bertz CT molecular complexity index is 728. The first-order valence-electron chi connectivity index (χ1n) is 5.42. The summed E-state index contributed by atoms with van der Waals surface area (Å²) in [6.45, 7) is 0. The number of carbonyl (C=O) groups is 1. The van der Waals surface area contributed by atoms with Crippen LogP contribution in [0.25, 0.3) is 0 Å². The fourth-order valence-electron chi connectivity index (χ4n) is 1.47. The van der Waals surface area contributed by atoms with Crippen LogP contribution in [0.3, 0.4) is 0 Å². The summed E-state index contributed by atoms with van der Waals surface area (Å²) in [5, 5.41) is 9.05. The van der Waals surface area contributed by atoms with E-state index in [4.69, 9.17) is 11.6 Å². The lowest BCUT2D eigenvalue weighted by Gasteiger charge is -2.09. The molecular weight excluding hydrogens is 304 g/mol. The third kappa shape index (κ3) is 3.72. The molecule has 20 heavy (non-hydrogen) atoms. The molecule has 0 fully saturated rings. The van der Waals surface area contributed by atoms with E-state index in [1.54, 1.807) is 0 Å². The molecule has 0 aliphatic rings. The van der Waals surface area contributed by atoms with Crippen LogP contribution in [0.1, 0.15) is 10.4 Å². The minimum Gasteiger partial charge on any atom is -0.320 e. The van der Waals surface area contributed by atoms with Crippen LogP contribution in [0.15, 0.2) is 30.6 Å². The third-order valence-electron chi connectivity index (χ3n) is 2.28. The Labute approximate surface area is 120 Å². The highest BCUT2D eigenvalue weighted by molar-refractivity contribution is 7.92. The van der Waals surface area contributed by atoms with E-state index in [0.29, 0.717) is 22.0 Å². The number of halogens is 1. The summed E-state index contributed by atoms with van der Waals surface area (Å²) in [6.07, 6.45) is 3.83. The van der Waals surface area contributed by atoms with Crippen molar-refractivity contribution in [1.82, 2.24) is 10.2 Å². The van der Waals surface area contributed by atoms with E-state index >= 15 is 0 Å². The first-order valence-corrected chi connectivity index (χ1v) is 7.69. The van der Waals surface area contributed by atoms with Gasteiger partial charge in [0.25, 0.3) is 5.91 Å². The molecule has 0 radical (unpaired) electrons. The van der Waals surface area contributed by atoms with Gasteiger partial charge in [-0.2, -0.15) is 5.10 Å². The van der Waals surface area contributed by atoms with Crippen LogP contribution < -0.4 is 10.0 Å². The number of hydrogen-bond acceptors (Lipinski definition) is 4. The number of anilines is 2. The molecule has 106 valence electrons. The predicted octanol–water partition coefficient (Wildman–Crippen LogP) is 1.69. The van der Waals surface area contributed by atoms with Gasteiger partial charge in [-0.05, 0) is 18.2 Å². The molecule has 1 heterocycles. The van der Waals surface area contributed by atoms with Gasteiger partial charge in [0.05, 0.1) is 34.4 Å². The fourth-order valence-corrected chi connectivity index (χ4v) is 2.19. The number of aromatic amines is 1. The number of aromatic nitrogens is 2. The topological polar surface area (TPSA) is 104 Å². The number of H-pyrrole nitrogens is 1. The van der Waals surface area contributed by atoms with Crippen LogP contribution in [0.5, 0.6) is 0 Å². The average molecular weight is 315 g/mol. The van der Waals surface area contributed by atoms with Gasteiger partial charge >= 0.3 is 0 Å². The van der Waals surface area contributed by atoms with Crippen molar-refractivity contribution in [1.29, 1.82) is 0 Å². The highest BCUT2D eigenvalue weighted by atomic mass is 35.5. The number of rotatable bonds is 4. The zero-order valence-electron chi connectivity index (χ0n) is 10.3. The molecule has 0 saturated heterocycles. The summed E-state index contributed by atoms with van der Waals surface area (Å²) in [7, 11) is -3.40. The molecule has 1 aromatic carbocycles. The van der Waals surface area contributed by atoms with E-state index in [9.17, 15) is 13.2 Å². The van der Waals surface area contributed by atoms with Crippen LogP contribution in [0, 0.1) is 0 Å². The Kier molecular flexibility index (Phi) is 3.96. The van der Waals surface area contributed by atoms with Gasteiger partial charge in [-0.25, -0.2) is 8.42 Å². The van der Waals surface area contributed by atoms with Gasteiger partial charge in [-0.15, -0.1) is 0 Å². The molecule has 0 saturated carbocycles. The molecular formula is C11H11ClN4O3S. The van der Waals surface area contributed by atoms with Crippen molar-refractivity contribution in [2.45, 2.75) is 0 Å². The third-order valence-corrected chi connectivity index (χ3v) is 3.21. The second-order valence-corrected chi connectivity index (χ2v) is 6.17. The number of carbonyl (C=O) groups excluding carboxylic acids is 1. The van der Waals surface area contributed by atoms with Crippen molar-refractivity contribution in [2.24, 2.45) is 0 Å². The standard InChI is InChI=1S/C11H11ClN4O3S/c1-20(18,19)16-8-2-3-9(12)10(4-8)15-11(17)7-5-13-14-6-7/h2-6,16H,1H3,(H,13,14)(H,15,17). The average Bonchev–Trinajstić information content (AvgIpc) is 2.85. The lowest BCUT2D eigenvalue weighted by Crippen LogP contribution is -2.13. The van der Waals surface area contributed by atoms with Gasteiger partial charge in [0.15, 0.2) is 0 Å². The molecule has 0 bridgehead atoms. The molecule has 2 rings (SSSR count). The highest BCUT2D eigenvalue weighted by Crippen LogP contribution is 2.26. The van der Waals surface area contributed by atoms with Crippen molar-refractivity contribution in [3.8, 4) is 0 Å². The maximum Gasteiger partial charge on any atom is 0.258 e. The van der Waals surface area contributed by atoms with Gasteiger partial charge in [0.1, 0.15) is 0 Å². The lowest BCUT2D eigenvalue weighted by molar-refractivity contribution is 0.102. The van der Waals surface area contributed by atoms with Crippen molar-refractivity contribution >= 4 is 38.9 Å². The van der Waals surface area contributed by atoms with E-state index in [0.717, 1.165) is 6.26 Å². The van der Waals surface area contributed by atoms with Gasteiger partial charge in [-0.1, -0.05) is 11.6 Å². The maximum atomic E-state index is 11.9. The molecule has 2 aromatic rings. The quantitative estimate of drug-likeness (QED) is 0.798. The second-order valence-electron chi connectivity index (χ2n) is 4.01. The Hall–Kier alpha value is -2.06. The van der Waals surface area contributed by atoms with E-state index < -0.39 is 15.9 Å². The highest BCUT2D eigenvalue weighted by Gasteiger charge is 2.11.